The molecule has 0 bridgehead atoms. The number of sulfonamides is 2. The average Bonchev–Trinajstić information content (AvgIpc) is 3.18. The lowest BCUT2D eigenvalue weighted by Gasteiger charge is -2.32. The van der Waals surface area contributed by atoms with Crippen molar-refractivity contribution in [1.29, 1.82) is 0 Å². The second kappa shape index (κ2) is 6.70. The van der Waals surface area contributed by atoms with Gasteiger partial charge in [-0.2, -0.15) is 4.31 Å². The van der Waals surface area contributed by atoms with Crippen LogP contribution in [0.15, 0.2) is 11.2 Å². The van der Waals surface area contributed by atoms with E-state index in [0.29, 0.717) is 19.4 Å². The molecule has 1 aromatic rings. The summed E-state index contributed by atoms with van der Waals surface area (Å²) in [4.78, 5) is 0. The molecule has 24 heavy (non-hydrogen) atoms. The Balaban J connectivity index is 1.75. The van der Waals surface area contributed by atoms with Gasteiger partial charge in [-0.05, 0) is 25.7 Å². The van der Waals surface area contributed by atoms with Crippen molar-refractivity contribution in [2.45, 2.75) is 54.8 Å². The lowest BCUT2D eigenvalue weighted by molar-refractivity contribution is 0.341. The number of hydrogen-bond acceptors (Lipinski definition) is 6. The van der Waals surface area contributed by atoms with Crippen LogP contribution in [0, 0.1) is 0 Å². The summed E-state index contributed by atoms with van der Waals surface area (Å²) in [6.07, 6.45) is 5.95. The molecule has 3 rings (SSSR count). The second-order valence-electron chi connectivity index (χ2n) is 6.47. The van der Waals surface area contributed by atoms with Gasteiger partial charge in [0.15, 0.2) is 5.03 Å². The Bertz CT molecular complexity index is 783. The van der Waals surface area contributed by atoms with Crippen molar-refractivity contribution in [1.82, 2.24) is 24.0 Å². The summed E-state index contributed by atoms with van der Waals surface area (Å²) < 4.78 is 55.8. The van der Waals surface area contributed by atoms with Crippen LogP contribution in [0.2, 0.25) is 0 Å². The normalized spacial score (nSPS) is 24.5. The van der Waals surface area contributed by atoms with Crippen molar-refractivity contribution in [3.8, 4) is 0 Å². The molecule has 1 N–H and O–H groups in total. The van der Waals surface area contributed by atoms with Crippen molar-refractivity contribution in [2.24, 2.45) is 7.05 Å². The highest BCUT2D eigenvalue weighted by molar-refractivity contribution is 7.90. The Kier molecular flexibility index (Phi) is 4.96. The van der Waals surface area contributed by atoms with E-state index in [2.05, 4.69) is 15.0 Å². The zero-order valence-electron chi connectivity index (χ0n) is 13.6. The molecule has 1 aliphatic heterocycles. The number of aromatic nitrogens is 3. The number of piperidine rings is 1. The molecule has 136 valence electrons. The first-order valence-electron chi connectivity index (χ1n) is 8.17. The largest absolute Gasteiger partial charge is 0.261 e. The van der Waals surface area contributed by atoms with E-state index in [9.17, 15) is 16.8 Å². The van der Waals surface area contributed by atoms with Crippen molar-refractivity contribution in [2.75, 3.05) is 13.1 Å². The molecule has 11 heteroatoms. The maximum Gasteiger partial charge on any atom is 0.261 e. The quantitative estimate of drug-likeness (QED) is 0.762. The van der Waals surface area contributed by atoms with Gasteiger partial charge in [0.1, 0.15) is 0 Å². The van der Waals surface area contributed by atoms with Crippen LogP contribution in [0.25, 0.3) is 0 Å². The van der Waals surface area contributed by atoms with E-state index in [1.165, 1.54) is 22.2 Å². The lowest BCUT2D eigenvalue weighted by atomic mass is 10.2. The monoisotopic (exact) mass is 377 g/mol. The van der Waals surface area contributed by atoms with Crippen molar-refractivity contribution in [3.63, 3.8) is 0 Å². The summed E-state index contributed by atoms with van der Waals surface area (Å²) in [5.74, 6) is 0. The summed E-state index contributed by atoms with van der Waals surface area (Å²) in [6.45, 7) is 0.276. The van der Waals surface area contributed by atoms with Gasteiger partial charge in [0.05, 0.1) is 11.4 Å². The average molecular weight is 377 g/mol. The molecule has 2 heterocycles. The van der Waals surface area contributed by atoms with Crippen LogP contribution in [0.5, 0.6) is 0 Å². The van der Waals surface area contributed by atoms with E-state index in [-0.39, 0.29) is 17.6 Å². The van der Waals surface area contributed by atoms with Gasteiger partial charge in [-0.3, -0.25) is 0 Å². The number of nitrogens with zero attached hydrogens (tertiary/aromatic N) is 4. The summed E-state index contributed by atoms with van der Waals surface area (Å²) >= 11 is 0. The first-order valence-corrected chi connectivity index (χ1v) is 11.2. The van der Waals surface area contributed by atoms with Crippen LogP contribution in [-0.2, 0) is 27.1 Å². The fourth-order valence-electron chi connectivity index (χ4n) is 3.39. The molecule has 9 nitrogen and oxygen atoms in total. The Morgan fingerprint density at radius 3 is 2.46 bits per heavy atom. The van der Waals surface area contributed by atoms with Gasteiger partial charge in [0.25, 0.3) is 10.0 Å². The van der Waals surface area contributed by atoms with E-state index in [4.69, 9.17) is 0 Å². The van der Waals surface area contributed by atoms with Crippen molar-refractivity contribution in [3.05, 3.63) is 6.20 Å². The molecule has 1 saturated heterocycles. The smallest absolute Gasteiger partial charge is 0.236 e. The Morgan fingerprint density at radius 2 is 1.83 bits per heavy atom. The predicted molar refractivity (Wildman–Crippen MR) is 87.1 cm³/mol. The number of hydrogen-bond donors (Lipinski definition) is 1. The molecule has 0 aromatic carbocycles. The number of aryl methyl sites for hydroxylation is 1. The molecule has 2 fully saturated rings. The topological polar surface area (TPSA) is 114 Å². The van der Waals surface area contributed by atoms with Gasteiger partial charge >= 0.3 is 0 Å². The summed E-state index contributed by atoms with van der Waals surface area (Å²) in [6, 6.07) is -0.0109. The molecular formula is C13H23N5O4S2. The minimum atomic E-state index is -3.79. The van der Waals surface area contributed by atoms with Gasteiger partial charge in [-0.1, -0.05) is 18.1 Å². The Morgan fingerprint density at radius 1 is 1.12 bits per heavy atom. The van der Waals surface area contributed by atoms with Gasteiger partial charge in [0.2, 0.25) is 10.0 Å². The molecule has 0 radical (unpaired) electrons. The predicted octanol–water partition coefficient (Wildman–Crippen LogP) is -0.170. The van der Waals surface area contributed by atoms with E-state index in [0.717, 1.165) is 25.7 Å². The van der Waals surface area contributed by atoms with Crippen LogP contribution >= 0.6 is 0 Å². The number of nitrogens with one attached hydrogen (secondary N) is 1. The molecule has 2 aliphatic rings. The lowest BCUT2D eigenvalue weighted by Crippen LogP contribution is -2.50. The Hall–Kier alpha value is -1.04. The standard InChI is InChI=1S/C13H23N5O4S2/c1-17-13(9-14-16-17)24(21,22)18-8-4-7-12(10-18)23(19,20)15-11-5-2-3-6-11/h9,11-12,15H,2-8,10H2,1H3. The fourth-order valence-corrected chi connectivity index (χ4v) is 6.80. The zero-order chi connectivity index (χ0) is 17.4. The van der Waals surface area contributed by atoms with Crippen molar-refractivity contribution < 1.29 is 16.8 Å². The third-order valence-electron chi connectivity index (χ3n) is 4.74. The van der Waals surface area contributed by atoms with Crippen molar-refractivity contribution >= 4 is 20.0 Å². The highest BCUT2D eigenvalue weighted by atomic mass is 32.2. The van der Waals surface area contributed by atoms with Crippen LogP contribution < -0.4 is 4.72 Å². The van der Waals surface area contributed by atoms with Gasteiger partial charge in [-0.15, -0.1) is 5.10 Å². The molecule has 1 aromatic heterocycles. The third kappa shape index (κ3) is 3.48. The molecule has 0 amide bonds. The summed E-state index contributed by atoms with van der Waals surface area (Å²) in [7, 11) is -5.82. The van der Waals surface area contributed by atoms with Crippen LogP contribution in [0.1, 0.15) is 38.5 Å². The van der Waals surface area contributed by atoms with E-state index in [1.807, 2.05) is 0 Å². The van der Waals surface area contributed by atoms with E-state index < -0.39 is 25.3 Å². The molecule has 0 spiro atoms. The minimum absolute atomic E-state index is 0.0109. The van der Waals surface area contributed by atoms with E-state index in [1.54, 1.807) is 0 Å². The molecule has 1 atom stereocenters. The third-order valence-corrected chi connectivity index (χ3v) is 8.58. The maximum absolute atomic E-state index is 12.7. The van der Waals surface area contributed by atoms with Gasteiger partial charge in [0, 0.05) is 26.2 Å². The maximum atomic E-state index is 12.7. The summed E-state index contributed by atoms with van der Waals surface area (Å²) in [5.41, 5.74) is 0. The highest BCUT2D eigenvalue weighted by Crippen LogP contribution is 2.25. The first kappa shape index (κ1) is 17.8. The highest BCUT2D eigenvalue weighted by Gasteiger charge is 2.38. The van der Waals surface area contributed by atoms with Crippen LogP contribution in [0.4, 0.5) is 0 Å². The molecular weight excluding hydrogens is 354 g/mol. The van der Waals surface area contributed by atoms with Gasteiger partial charge in [-0.25, -0.2) is 26.2 Å². The second-order valence-corrected chi connectivity index (χ2v) is 10.3. The molecule has 1 saturated carbocycles. The Labute approximate surface area is 142 Å². The first-order chi connectivity index (χ1) is 11.3. The molecule has 1 unspecified atom stereocenters. The molecule has 1 aliphatic carbocycles. The van der Waals surface area contributed by atoms with Gasteiger partial charge < -0.3 is 0 Å². The van der Waals surface area contributed by atoms with E-state index >= 15 is 0 Å². The van der Waals surface area contributed by atoms with Crippen LogP contribution in [-0.4, -0.2) is 60.5 Å². The SMILES string of the molecule is Cn1nncc1S(=O)(=O)N1CCCC(S(=O)(=O)NC2CCCC2)C1. The minimum Gasteiger partial charge on any atom is -0.236 e. The fraction of sp³-hybridized carbons (Fsp3) is 0.846. The number of rotatable bonds is 5. The van der Waals surface area contributed by atoms with Crippen LogP contribution in [0.3, 0.4) is 0 Å². The zero-order valence-corrected chi connectivity index (χ0v) is 15.3. The summed E-state index contributed by atoms with van der Waals surface area (Å²) in [5, 5.41) is 6.50.